The number of nitrogens with two attached hydrogens (primary N) is 1. The molecule has 1 aliphatic carbocycles. The summed E-state index contributed by atoms with van der Waals surface area (Å²) in [5.74, 6) is 0.921. The van der Waals surface area contributed by atoms with Crippen molar-refractivity contribution in [3.8, 4) is 11.5 Å². The first kappa shape index (κ1) is 30.0. The van der Waals surface area contributed by atoms with Crippen LogP contribution < -0.4 is 20.7 Å². The van der Waals surface area contributed by atoms with Crippen molar-refractivity contribution in [2.45, 2.75) is 77.9 Å². The molecule has 2 fully saturated rings. The van der Waals surface area contributed by atoms with Crippen molar-refractivity contribution in [2.75, 3.05) is 23.3 Å². The number of amides is 2. The molecule has 44 heavy (non-hydrogen) atoms. The molecule has 1 saturated heterocycles. The molecule has 3 N–H and O–H groups in total. The Kier molecular flexibility index (Phi) is 8.04. The zero-order valence-corrected chi connectivity index (χ0v) is 25.8. The maximum atomic E-state index is 14.4. The van der Waals surface area contributed by atoms with E-state index in [0.29, 0.717) is 23.9 Å². The second kappa shape index (κ2) is 11.8. The number of carbonyl (C=O) groups excluding carboxylic acids is 2. The highest BCUT2D eigenvalue weighted by Gasteiger charge is 2.48. The molecule has 6 rings (SSSR count). The van der Waals surface area contributed by atoms with E-state index in [1.54, 1.807) is 11.1 Å². The van der Waals surface area contributed by atoms with Crippen molar-refractivity contribution in [1.29, 1.82) is 0 Å². The Morgan fingerprint density at radius 2 is 1.95 bits per heavy atom. The van der Waals surface area contributed by atoms with Crippen molar-refractivity contribution < 1.29 is 18.7 Å². The van der Waals surface area contributed by atoms with Crippen molar-refractivity contribution in [3.05, 3.63) is 71.4 Å². The third kappa shape index (κ3) is 5.87. The van der Waals surface area contributed by atoms with Gasteiger partial charge in [0.15, 0.2) is 11.6 Å². The largest absolute Gasteiger partial charge is 0.451 e. The average molecular weight is 601 g/mol. The number of halogens is 1. The van der Waals surface area contributed by atoms with Gasteiger partial charge in [0.25, 0.3) is 5.91 Å². The Morgan fingerprint density at radius 1 is 1.16 bits per heavy atom. The Hall–Kier alpha value is -4.05. The third-order valence-corrected chi connectivity index (χ3v) is 9.40. The van der Waals surface area contributed by atoms with Crippen molar-refractivity contribution >= 4 is 23.3 Å². The van der Waals surface area contributed by atoms with Gasteiger partial charge in [-0.2, -0.15) is 0 Å². The lowest BCUT2D eigenvalue weighted by molar-refractivity contribution is -0.115. The number of hydrogen-bond donors (Lipinski definition) is 2. The van der Waals surface area contributed by atoms with E-state index >= 15 is 0 Å². The predicted molar refractivity (Wildman–Crippen MR) is 167 cm³/mol. The number of aromatic nitrogens is 2. The maximum Gasteiger partial charge on any atom is 0.258 e. The summed E-state index contributed by atoms with van der Waals surface area (Å²) in [6.07, 6.45) is 7.33. The highest BCUT2D eigenvalue weighted by molar-refractivity contribution is 5.99. The number of fused-ring (bicyclic) bond motifs is 1. The minimum atomic E-state index is -0.504. The van der Waals surface area contributed by atoms with Crippen LogP contribution in [0.25, 0.3) is 0 Å². The highest BCUT2D eigenvalue weighted by atomic mass is 19.1. The fourth-order valence-corrected chi connectivity index (χ4v) is 7.52. The molecule has 0 radical (unpaired) electrons. The topological polar surface area (TPSA) is 114 Å². The predicted octanol–water partition coefficient (Wildman–Crippen LogP) is 5.34. The highest BCUT2D eigenvalue weighted by Crippen LogP contribution is 2.50. The number of rotatable bonds is 8. The van der Waals surface area contributed by atoms with E-state index in [1.807, 2.05) is 27.7 Å². The van der Waals surface area contributed by atoms with E-state index in [-0.39, 0.29) is 46.7 Å². The molecule has 2 aliphatic heterocycles. The van der Waals surface area contributed by atoms with E-state index in [1.165, 1.54) is 30.1 Å². The third-order valence-electron chi connectivity index (χ3n) is 9.40. The van der Waals surface area contributed by atoms with Crippen LogP contribution in [0.15, 0.2) is 48.9 Å². The molecule has 9 nitrogen and oxygen atoms in total. The van der Waals surface area contributed by atoms with E-state index in [0.717, 1.165) is 50.0 Å². The van der Waals surface area contributed by atoms with Crippen LogP contribution in [0.2, 0.25) is 0 Å². The minimum Gasteiger partial charge on any atom is -0.451 e. The first-order valence-electron chi connectivity index (χ1n) is 15.5. The first-order valence-corrected chi connectivity index (χ1v) is 15.5. The van der Waals surface area contributed by atoms with Gasteiger partial charge in [0.2, 0.25) is 5.91 Å². The van der Waals surface area contributed by atoms with Crippen LogP contribution in [0, 0.1) is 17.2 Å². The summed E-state index contributed by atoms with van der Waals surface area (Å²) < 4.78 is 20.7. The number of nitrogens with one attached hydrogen (secondary N) is 1. The number of carbonyl (C=O) groups is 2. The summed E-state index contributed by atoms with van der Waals surface area (Å²) in [5, 5.41) is 2.96. The molecule has 3 aliphatic rings. The van der Waals surface area contributed by atoms with Crippen LogP contribution in [0.3, 0.4) is 0 Å². The molecule has 232 valence electrons. The standard InChI is InChI=1S/C34H41FN6O3/c1-20(2)41(21(3)4)33(43)26-14-25(35)7-8-29(26)44-30-17-37-19-38-32(30)40-10-9-34(18-40)15-24(27(36)16-34)11-22-5-6-23-13-31(42)39-28(23)12-22/h5-8,12,14,17,19-21,24,27H,9-11,13,15-16,18,36H2,1-4H3,(H,39,42). The molecule has 2 aromatic carbocycles. The van der Waals surface area contributed by atoms with Crippen LogP contribution in [0.5, 0.6) is 11.5 Å². The number of anilines is 2. The Morgan fingerprint density at radius 3 is 2.73 bits per heavy atom. The summed E-state index contributed by atoms with van der Waals surface area (Å²) in [4.78, 5) is 38.1. The second-order valence-corrected chi connectivity index (χ2v) is 13.3. The number of nitrogens with zero attached hydrogens (tertiary/aromatic N) is 4. The lowest BCUT2D eigenvalue weighted by Crippen LogP contribution is -2.42. The van der Waals surface area contributed by atoms with Crippen molar-refractivity contribution in [3.63, 3.8) is 0 Å². The molecular formula is C34H41FN6O3. The molecule has 3 heterocycles. The van der Waals surface area contributed by atoms with Crippen LogP contribution in [0.1, 0.15) is 68.4 Å². The number of hydrogen-bond acceptors (Lipinski definition) is 7. The SMILES string of the molecule is CC(C)N(C(=O)c1cc(F)ccc1Oc1cncnc1N1CCC2(CC(N)C(Cc3ccc4c(c3)NC(=O)C4)C2)C1)C(C)C. The monoisotopic (exact) mass is 600 g/mol. The summed E-state index contributed by atoms with van der Waals surface area (Å²) in [7, 11) is 0. The molecule has 10 heteroatoms. The summed E-state index contributed by atoms with van der Waals surface area (Å²) in [5.41, 5.74) is 10.1. The van der Waals surface area contributed by atoms with Crippen LogP contribution in [-0.4, -0.2) is 57.9 Å². The fourth-order valence-electron chi connectivity index (χ4n) is 7.52. The van der Waals surface area contributed by atoms with Gasteiger partial charge in [-0.3, -0.25) is 9.59 Å². The molecule has 0 bridgehead atoms. The van der Waals surface area contributed by atoms with Gasteiger partial charge < -0.3 is 25.6 Å². The van der Waals surface area contributed by atoms with Crippen LogP contribution >= 0.6 is 0 Å². The van der Waals surface area contributed by atoms with Gasteiger partial charge in [-0.1, -0.05) is 12.1 Å². The zero-order valence-electron chi connectivity index (χ0n) is 25.8. The summed E-state index contributed by atoms with van der Waals surface area (Å²) in [6.45, 7) is 9.34. The second-order valence-electron chi connectivity index (χ2n) is 13.3. The molecule has 1 aromatic heterocycles. The summed E-state index contributed by atoms with van der Waals surface area (Å²) >= 11 is 0. The fraction of sp³-hybridized carbons (Fsp3) is 0.471. The molecule has 1 spiro atoms. The van der Waals surface area contributed by atoms with Crippen molar-refractivity contribution in [2.24, 2.45) is 17.1 Å². The Balaban J connectivity index is 1.19. The van der Waals surface area contributed by atoms with Gasteiger partial charge in [-0.05, 0) is 100 Å². The molecule has 3 atom stereocenters. The van der Waals surface area contributed by atoms with E-state index in [4.69, 9.17) is 10.5 Å². The van der Waals surface area contributed by atoms with Crippen molar-refractivity contribution in [1.82, 2.24) is 14.9 Å². The smallest absolute Gasteiger partial charge is 0.258 e. The Labute approximate surface area is 258 Å². The van der Waals surface area contributed by atoms with Gasteiger partial charge >= 0.3 is 0 Å². The lowest BCUT2D eigenvalue weighted by Gasteiger charge is -2.31. The molecular weight excluding hydrogens is 559 g/mol. The normalized spacial score (nSPS) is 22.6. The average Bonchev–Trinajstić information content (AvgIpc) is 3.64. The maximum absolute atomic E-state index is 14.4. The molecule has 2 amide bonds. The molecule has 3 aromatic rings. The molecule has 1 saturated carbocycles. The van der Waals surface area contributed by atoms with Crippen LogP contribution in [-0.2, 0) is 17.6 Å². The Bertz CT molecular complexity index is 1570. The van der Waals surface area contributed by atoms with E-state index in [2.05, 4.69) is 38.4 Å². The summed E-state index contributed by atoms with van der Waals surface area (Å²) in [6, 6.07) is 10.2. The van der Waals surface area contributed by atoms with Gasteiger partial charge in [-0.15, -0.1) is 0 Å². The van der Waals surface area contributed by atoms with E-state index in [9.17, 15) is 14.0 Å². The number of ether oxygens (including phenoxy) is 1. The first-order chi connectivity index (χ1) is 21.0. The lowest BCUT2D eigenvalue weighted by atomic mass is 9.83. The van der Waals surface area contributed by atoms with Gasteiger partial charge in [0.05, 0.1) is 18.2 Å². The molecule has 3 unspecified atom stereocenters. The van der Waals surface area contributed by atoms with E-state index < -0.39 is 5.82 Å². The minimum absolute atomic E-state index is 0.0446. The van der Waals surface area contributed by atoms with Gasteiger partial charge in [0, 0.05) is 36.9 Å². The van der Waals surface area contributed by atoms with Crippen LogP contribution in [0.4, 0.5) is 15.9 Å². The quantitative estimate of drug-likeness (QED) is 0.359. The van der Waals surface area contributed by atoms with Gasteiger partial charge in [0.1, 0.15) is 17.9 Å². The number of benzene rings is 2. The van der Waals surface area contributed by atoms with Gasteiger partial charge in [-0.25, -0.2) is 14.4 Å². The zero-order chi connectivity index (χ0) is 31.2.